The number of benzene rings is 4. The summed E-state index contributed by atoms with van der Waals surface area (Å²) in [6, 6.07) is 38.8. The summed E-state index contributed by atoms with van der Waals surface area (Å²) in [4.78, 5) is 17.7. The lowest BCUT2D eigenvalue weighted by Crippen LogP contribution is -2.57. The van der Waals surface area contributed by atoms with Gasteiger partial charge in [-0.25, -0.2) is 4.98 Å². The van der Waals surface area contributed by atoms with E-state index in [1.54, 1.807) is 0 Å². The summed E-state index contributed by atoms with van der Waals surface area (Å²) >= 11 is 0. The third-order valence-corrected chi connectivity index (χ3v) is 10.5. The van der Waals surface area contributed by atoms with Gasteiger partial charge in [0.1, 0.15) is 0 Å². The summed E-state index contributed by atoms with van der Waals surface area (Å²) in [6.45, 7) is 0. The third-order valence-electron chi connectivity index (χ3n) is 10.5. The first-order valence-corrected chi connectivity index (χ1v) is 15.1. The fourth-order valence-electron chi connectivity index (χ4n) is 9.23. The summed E-state index contributed by atoms with van der Waals surface area (Å²) in [7, 11) is 0. The molecule has 1 aliphatic heterocycles. The standard InChI is InChI=1S/C37H32N4/c1-3-11-26(12-4-1)34-38-35(27-13-5-2-6-14-27)40-36(39-34)41-32-17-9-7-15-30(32)37(31-16-8-10-18-33(31)41)28-20-24-19-25(22-28)23-29(37)21-24/h1-18,24-25,28-29H,19-23H2. The van der Waals surface area contributed by atoms with Crippen molar-refractivity contribution in [3.63, 3.8) is 0 Å². The Bertz CT molecular complexity index is 1630. The van der Waals surface area contributed by atoms with Crippen LogP contribution in [0.25, 0.3) is 22.8 Å². The molecule has 4 fully saturated rings. The molecule has 0 amide bonds. The van der Waals surface area contributed by atoms with Crippen molar-refractivity contribution in [3.8, 4) is 22.8 Å². The molecule has 0 radical (unpaired) electrons. The van der Waals surface area contributed by atoms with E-state index in [0.717, 1.165) is 23.0 Å². The molecule has 0 atom stereocenters. The Morgan fingerprint density at radius 2 is 0.927 bits per heavy atom. The maximum atomic E-state index is 5.18. The zero-order chi connectivity index (χ0) is 27.0. The summed E-state index contributed by atoms with van der Waals surface area (Å²) in [5.41, 5.74) is 7.43. The van der Waals surface area contributed by atoms with E-state index in [4.69, 9.17) is 15.0 Å². The quantitative estimate of drug-likeness (QED) is 0.233. The summed E-state index contributed by atoms with van der Waals surface area (Å²) in [5, 5.41) is 0. The van der Waals surface area contributed by atoms with Crippen LogP contribution in [0.2, 0.25) is 0 Å². The van der Waals surface area contributed by atoms with E-state index in [1.165, 1.54) is 54.6 Å². The van der Waals surface area contributed by atoms with E-state index in [0.29, 0.717) is 29.4 Å². The normalized spacial score (nSPS) is 24.7. The molecule has 200 valence electrons. The van der Waals surface area contributed by atoms with Gasteiger partial charge >= 0.3 is 0 Å². The minimum atomic E-state index is 0.0641. The highest BCUT2D eigenvalue weighted by Crippen LogP contribution is 2.69. The molecule has 0 saturated heterocycles. The lowest BCUT2D eigenvalue weighted by Gasteiger charge is -2.64. The zero-order valence-electron chi connectivity index (χ0n) is 23.0. The lowest BCUT2D eigenvalue weighted by atomic mass is 9.41. The molecule has 1 aromatic heterocycles. The Morgan fingerprint density at radius 3 is 1.41 bits per heavy atom. The molecule has 0 N–H and O–H groups in total. The van der Waals surface area contributed by atoms with E-state index < -0.39 is 0 Å². The van der Waals surface area contributed by atoms with Crippen LogP contribution in [0, 0.1) is 23.7 Å². The SMILES string of the molecule is c1ccc(-c2nc(-c3ccccc3)nc(N3c4ccccc4C4(c5ccccc53)C3CC5CC(C3)CC4C5)n2)cc1. The van der Waals surface area contributed by atoms with Gasteiger partial charge in [0.05, 0.1) is 11.4 Å². The Kier molecular flexibility index (Phi) is 5.05. The molecule has 4 saturated carbocycles. The first-order valence-electron chi connectivity index (χ1n) is 15.1. The average molecular weight is 533 g/mol. The second kappa shape index (κ2) is 8.84. The molecule has 1 spiro atoms. The second-order valence-electron chi connectivity index (χ2n) is 12.6. The molecule has 4 heteroatoms. The highest BCUT2D eigenvalue weighted by molar-refractivity contribution is 5.85. The average Bonchev–Trinajstić information content (AvgIpc) is 3.03. The zero-order valence-corrected chi connectivity index (χ0v) is 23.0. The van der Waals surface area contributed by atoms with Gasteiger partial charge in [0, 0.05) is 16.5 Å². The predicted molar refractivity (Wildman–Crippen MR) is 163 cm³/mol. The molecular weight excluding hydrogens is 500 g/mol. The molecule has 5 aromatic rings. The molecule has 4 bridgehead atoms. The maximum absolute atomic E-state index is 5.18. The predicted octanol–water partition coefficient (Wildman–Crippen LogP) is 8.73. The van der Waals surface area contributed by atoms with Crippen LogP contribution in [0.5, 0.6) is 0 Å². The van der Waals surface area contributed by atoms with Crippen molar-refractivity contribution in [2.24, 2.45) is 23.7 Å². The van der Waals surface area contributed by atoms with Crippen molar-refractivity contribution in [2.75, 3.05) is 4.90 Å². The Morgan fingerprint density at radius 1 is 0.488 bits per heavy atom. The van der Waals surface area contributed by atoms with Crippen LogP contribution in [0.3, 0.4) is 0 Å². The first kappa shape index (κ1) is 23.4. The topological polar surface area (TPSA) is 41.9 Å². The van der Waals surface area contributed by atoms with Crippen LogP contribution in [0.15, 0.2) is 109 Å². The van der Waals surface area contributed by atoms with E-state index in [-0.39, 0.29) is 5.41 Å². The van der Waals surface area contributed by atoms with E-state index in [2.05, 4.69) is 77.7 Å². The van der Waals surface area contributed by atoms with E-state index >= 15 is 0 Å². The third kappa shape index (κ3) is 3.37. The van der Waals surface area contributed by atoms with Gasteiger partial charge in [0.2, 0.25) is 5.95 Å². The summed E-state index contributed by atoms with van der Waals surface area (Å²) in [6.07, 6.45) is 6.89. The number of hydrogen-bond donors (Lipinski definition) is 0. The molecule has 4 nitrogen and oxygen atoms in total. The number of aromatic nitrogens is 3. The maximum Gasteiger partial charge on any atom is 0.238 e. The highest BCUT2D eigenvalue weighted by Gasteiger charge is 2.61. The van der Waals surface area contributed by atoms with Gasteiger partial charge in [0.25, 0.3) is 0 Å². The van der Waals surface area contributed by atoms with Crippen molar-refractivity contribution >= 4 is 17.3 Å². The minimum absolute atomic E-state index is 0.0641. The second-order valence-corrected chi connectivity index (χ2v) is 12.6. The number of para-hydroxylation sites is 2. The van der Waals surface area contributed by atoms with E-state index in [9.17, 15) is 0 Å². The van der Waals surface area contributed by atoms with Gasteiger partial charge in [-0.1, -0.05) is 97.1 Å². The first-order chi connectivity index (χ1) is 20.3. The number of hydrogen-bond acceptors (Lipinski definition) is 4. The van der Waals surface area contributed by atoms with Gasteiger partial charge in [-0.15, -0.1) is 0 Å². The van der Waals surface area contributed by atoms with Crippen molar-refractivity contribution in [2.45, 2.75) is 37.5 Å². The minimum Gasteiger partial charge on any atom is -0.278 e. The van der Waals surface area contributed by atoms with Crippen LogP contribution in [-0.4, -0.2) is 15.0 Å². The number of anilines is 3. The van der Waals surface area contributed by atoms with Crippen LogP contribution < -0.4 is 4.90 Å². The largest absolute Gasteiger partial charge is 0.278 e. The number of nitrogens with zero attached hydrogens (tertiary/aromatic N) is 4. The Balaban J connectivity index is 1.30. The van der Waals surface area contributed by atoms with Crippen molar-refractivity contribution in [1.82, 2.24) is 15.0 Å². The smallest absolute Gasteiger partial charge is 0.238 e. The van der Waals surface area contributed by atoms with Gasteiger partial charge in [-0.3, -0.25) is 4.90 Å². The van der Waals surface area contributed by atoms with Gasteiger partial charge in [0.15, 0.2) is 11.6 Å². The number of rotatable bonds is 3. The fourth-order valence-corrected chi connectivity index (χ4v) is 9.23. The fraction of sp³-hybridized carbons (Fsp3) is 0.270. The monoisotopic (exact) mass is 532 g/mol. The van der Waals surface area contributed by atoms with Crippen molar-refractivity contribution < 1.29 is 0 Å². The molecule has 2 heterocycles. The van der Waals surface area contributed by atoms with Crippen molar-refractivity contribution in [1.29, 1.82) is 0 Å². The van der Waals surface area contributed by atoms with Crippen molar-refractivity contribution in [3.05, 3.63) is 120 Å². The van der Waals surface area contributed by atoms with Gasteiger partial charge in [-0.05, 0) is 79.0 Å². The lowest BCUT2D eigenvalue weighted by molar-refractivity contribution is -0.0419. The molecule has 5 aliphatic rings. The van der Waals surface area contributed by atoms with Gasteiger partial charge < -0.3 is 0 Å². The van der Waals surface area contributed by atoms with Crippen LogP contribution in [-0.2, 0) is 5.41 Å². The van der Waals surface area contributed by atoms with Crippen LogP contribution in [0.1, 0.15) is 43.2 Å². The molecule has 4 aromatic carbocycles. The highest BCUT2D eigenvalue weighted by atomic mass is 15.3. The van der Waals surface area contributed by atoms with E-state index in [1.807, 2.05) is 36.4 Å². The number of fused-ring (bicyclic) bond motifs is 2. The molecule has 10 rings (SSSR count). The van der Waals surface area contributed by atoms with Crippen LogP contribution in [0.4, 0.5) is 17.3 Å². The Labute approximate surface area is 241 Å². The summed E-state index contributed by atoms with van der Waals surface area (Å²) < 4.78 is 0. The van der Waals surface area contributed by atoms with Crippen LogP contribution >= 0.6 is 0 Å². The van der Waals surface area contributed by atoms with Gasteiger partial charge in [-0.2, -0.15) is 9.97 Å². The molecule has 4 aliphatic carbocycles. The molecule has 0 unspecified atom stereocenters. The summed E-state index contributed by atoms with van der Waals surface area (Å²) in [5.74, 6) is 5.27. The Hall–Kier alpha value is -4.31. The molecule has 41 heavy (non-hydrogen) atoms. The molecular formula is C37H32N4.